The van der Waals surface area contributed by atoms with Crippen LogP contribution in [0.25, 0.3) is 0 Å². The number of benzene rings is 2. The molecule has 0 heterocycles. The van der Waals surface area contributed by atoms with E-state index in [2.05, 4.69) is 0 Å². The number of hydrogen-bond acceptors (Lipinski definition) is 4. The Morgan fingerprint density at radius 2 is 1.71 bits per heavy atom. The number of ether oxygens (including phenoxy) is 1. The van der Waals surface area contributed by atoms with Gasteiger partial charge in [0, 0.05) is 11.1 Å². The van der Waals surface area contributed by atoms with Gasteiger partial charge in [0.05, 0.1) is 13.0 Å². The molecular formula is C17H16O4. The van der Waals surface area contributed by atoms with Crippen LogP contribution in [0, 0.1) is 0 Å². The molecule has 0 spiro atoms. The molecule has 0 amide bonds. The summed E-state index contributed by atoms with van der Waals surface area (Å²) in [6.07, 6.45) is 0. The summed E-state index contributed by atoms with van der Waals surface area (Å²) in [6.45, 7) is 1.73. The summed E-state index contributed by atoms with van der Waals surface area (Å²) < 4.78 is 4.71. The van der Waals surface area contributed by atoms with Crippen LogP contribution >= 0.6 is 0 Å². The van der Waals surface area contributed by atoms with Gasteiger partial charge in [-0.1, -0.05) is 18.2 Å². The summed E-state index contributed by atoms with van der Waals surface area (Å²) in [7, 11) is 1.34. The lowest BCUT2D eigenvalue weighted by atomic mass is 9.96. The lowest BCUT2D eigenvalue weighted by Crippen LogP contribution is -2.11. The molecule has 0 fully saturated rings. The van der Waals surface area contributed by atoms with E-state index < -0.39 is 5.92 Å². The van der Waals surface area contributed by atoms with Crippen LogP contribution in [-0.2, 0) is 9.53 Å². The fourth-order valence-corrected chi connectivity index (χ4v) is 2.04. The van der Waals surface area contributed by atoms with Crippen molar-refractivity contribution in [2.75, 3.05) is 7.11 Å². The van der Waals surface area contributed by atoms with Crippen molar-refractivity contribution in [3.63, 3.8) is 0 Å². The van der Waals surface area contributed by atoms with E-state index in [1.807, 2.05) is 0 Å². The van der Waals surface area contributed by atoms with Gasteiger partial charge in [-0.3, -0.25) is 9.59 Å². The van der Waals surface area contributed by atoms with E-state index >= 15 is 0 Å². The maximum absolute atomic E-state index is 12.4. The minimum absolute atomic E-state index is 0.111. The number of carbonyl (C=O) groups is 2. The number of ketones is 1. The van der Waals surface area contributed by atoms with Gasteiger partial charge in [-0.2, -0.15) is 0 Å². The second kappa shape index (κ2) is 6.22. The standard InChI is InChI=1S/C17H16O4/c1-11(17(20)21-2)13-4-3-5-14(10-13)16(19)12-6-8-15(18)9-7-12/h3-11,18H,1-2H3. The molecule has 108 valence electrons. The smallest absolute Gasteiger partial charge is 0.312 e. The molecule has 4 nitrogen and oxygen atoms in total. The molecule has 0 aliphatic carbocycles. The zero-order chi connectivity index (χ0) is 15.4. The Labute approximate surface area is 123 Å². The molecule has 1 atom stereocenters. The van der Waals surface area contributed by atoms with Crippen molar-refractivity contribution in [3.8, 4) is 5.75 Å². The predicted octanol–water partition coefficient (Wildman–Crippen LogP) is 2.90. The van der Waals surface area contributed by atoms with E-state index in [0.717, 1.165) is 5.56 Å². The van der Waals surface area contributed by atoms with Gasteiger partial charge in [0.15, 0.2) is 5.78 Å². The van der Waals surface area contributed by atoms with Crippen LogP contribution in [0.4, 0.5) is 0 Å². The SMILES string of the molecule is COC(=O)C(C)c1cccc(C(=O)c2ccc(O)cc2)c1. The molecule has 4 heteroatoms. The number of hydrogen-bond donors (Lipinski definition) is 1. The van der Waals surface area contributed by atoms with Crippen molar-refractivity contribution in [1.82, 2.24) is 0 Å². The summed E-state index contributed by atoms with van der Waals surface area (Å²) in [6, 6.07) is 13.0. The number of carbonyl (C=O) groups excluding carboxylic acids is 2. The lowest BCUT2D eigenvalue weighted by molar-refractivity contribution is -0.141. The normalized spacial score (nSPS) is 11.7. The number of aromatic hydroxyl groups is 1. The first-order valence-electron chi connectivity index (χ1n) is 6.54. The molecular weight excluding hydrogens is 268 g/mol. The molecule has 2 rings (SSSR count). The predicted molar refractivity (Wildman–Crippen MR) is 78.4 cm³/mol. The number of rotatable bonds is 4. The molecule has 0 radical (unpaired) electrons. The second-order valence-corrected chi connectivity index (χ2v) is 4.75. The molecule has 0 saturated heterocycles. The Bertz CT molecular complexity index is 659. The third kappa shape index (κ3) is 3.28. The zero-order valence-electron chi connectivity index (χ0n) is 11.9. The topological polar surface area (TPSA) is 63.6 Å². The van der Waals surface area contributed by atoms with Crippen LogP contribution in [0.5, 0.6) is 5.75 Å². The van der Waals surface area contributed by atoms with E-state index in [4.69, 9.17) is 4.74 Å². The highest BCUT2D eigenvalue weighted by atomic mass is 16.5. The van der Waals surface area contributed by atoms with E-state index in [-0.39, 0.29) is 17.5 Å². The minimum Gasteiger partial charge on any atom is -0.508 e. The first-order valence-corrected chi connectivity index (χ1v) is 6.54. The van der Waals surface area contributed by atoms with Crippen LogP contribution in [-0.4, -0.2) is 24.0 Å². The first-order chi connectivity index (χ1) is 10.0. The Morgan fingerprint density at radius 3 is 2.33 bits per heavy atom. The van der Waals surface area contributed by atoms with Crippen molar-refractivity contribution in [2.45, 2.75) is 12.8 Å². The maximum atomic E-state index is 12.4. The molecule has 0 aliphatic rings. The van der Waals surface area contributed by atoms with Gasteiger partial charge in [0.1, 0.15) is 5.75 Å². The fraction of sp³-hybridized carbons (Fsp3) is 0.176. The van der Waals surface area contributed by atoms with Crippen molar-refractivity contribution >= 4 is 11.8 Å². The summed E-state index contributed by atoms with van der Waals surface area (Å²) in [5.41, 5.74) is 1.70. The fourth-order valence-electron chi connectivity index (χ4n) is 2.04. The zero-order valence-corrected chi connectivity index (χ0v) is 11.9. The number of phenolic OH excluding ortho intramolecular Hbond substituents is 1. The van der Waals surface area contributed by atoms with Gasteiger partial charge in [-0.05, 0) is 42.8 Å². The summed E-state index contributed by atoms with van der Waals surface area (Å²) in [4.78, 5) is 23.9. The minimum atomic E-state index is -0.428. The van der Waals surface area contributed by atoms with Crippen molar-refractivity contribution < 1.29 is 19.4 Å². The molecule has 0 bridgehead atoms. The van der Waals surface area contributed by atoms with Gasteiger partial charge >= 0.3 is 5.97 Å². The van der Waals surface area contributed by atoms with E-state index in [0.29, 0.717) is 11.1 Å². The van der Waals surface area contributed by atoms with Gasteiger partial charge < -0.3 is 9.84 Å². The molecule has 2 aromatic rings. The Kier molecular flexibility index (Phi) is 4.38. The molecule has 0 aliphatic heterocycles. The number of methoxy groups -OCH3 is 1. The van der Waals surface area contributed by atoms with Crippen molar-refractivity contribution in [1.29, 1.82) is 0 Å². The molecule has 1 unspecified atom stereocenters. The monoisotopic (exact) mass is 284 g/mol. The van der Waals surface area contributed by atoms with E-state index in [1.54, 1.807) is 43.3 Å². The third-order valence-corrected chi connectivity index (χ3v) is 3.33. The highest BCUT2D eigenvalue weighted by Gasteiger charge is 2.17. The average molecular weight is 284 g/mol. The molecule has 0 saturated carbocycles. The van der Waals surface area contributed by atoms with Crippen LogP contribution < -0.4 is 0 Å². The maximum Gasteiger partial charge on any atom is 0.312 e. The second-order valence-electron chi connectivity index (χ2n) is 4.75. The average Bonchev–Trinajstić information content (AvgIpc) is 2.53. The molecule has 21 heavy (non-hydrogen) atoms. The number of phenols is 1. The quantitative estimate of drug-likeness (QED) is 0.692. The first kappa shape index (κ1) is 14.8. The Morgan fingerprint density at radius 1 is 1.05 bits per heavy atom. The highest BCUT2D eigenvalue weighted by molar-refractivity contribution is 6.09. The Hall–Kier alpha value is -2.62. The van der Waals surface area contributed by atoms with Crippen LogP contribution in [0.2, 0.25) is 0 Å². The van der Waals surface area contributed by atoms with Gasteiger partial charge in [-0.15, -0.1) is 0 Å². The van der Waals surface area contributed by atoms with E-state index in [1.165, 1.54) is 19.2 Å². The van der Waals surface area contributed by atoms with Gasteiger partial charge in [-0.25, -0.2) is 0 Å². The number of esters is 1. The molecule has 1 N–H and O–H groups in total. The van der Waals surface area contributed by atoms with Crippen molar-refractivity contribution in [2.24, 2.45) is 0 Å². The van der Waals surface area contributed by atoms with Crippen LogP contribution in [0.3, 0.4) is 0 Å². The largest absolute Gasteiger partial charge is 0.508 e. The van der Waals surface area contributed by atoms with Crippen molar-refractivity contribution in [3.05, 3.63) is 65.2 Å². The molecule has 2 aromatic carbocycles. The van der Waals surface area contributed by atoms with Gasteiger partial charge in [0.25, 0.3) is 0 Å². The van der Waals surface area contributed by atoms with Crippen LogP contribution in [0.1, 0.15) is 34.3 Å². The Balaban J connectivity index is 2.30. The van der Waals surface area contributed by atoms with Crippen LogP contribution in [0.15, 0.2) is 48.5 Å². The molecule has 0 aromatic heterocycles. The summed E-state index contributed by atoms with van der Waals surface area (Å²) >= 11 is 0. The van der Waals surface area contributed by atoms with Gasteiger partial charge in [0.2, 0.25) is 0 Å². The van der Waals surface area contributed by atoms with E-state index in [9.17, 15) is 14.7 Å². The highest BCUT2D eigenvalue weighted by Crippen LogP contribution is 2.20. The summed E-state index contributed by atoms with van der Waals surface area (Å²) in [5.74, 6) is -0.819. The third-order valence-electron chi connectivity index (χ3n) is 3.33. The lowest BCUT2D eigenvalue weighted by Gasteiger charge is -2.10. The summed E-state index contributed by atoms with van der Waals surface area (Å²) in [5, 5.41) is 9.25.